The van der Waals surface area contributed by atoms with Crippen molar-refractivity contribution in [1.29, 1.82) is 5.41 Å². The van der Waals surface area contributed by atoms with Crippen LogP contribution in [-0.4, -0.2) is 63.3 Å². The molecule has 1 fully saturated rings. The summed E-state index contributed by atoms with van der Waals surface area (Å²) in [6, 6.07) is -0.0373. The maximum atomic E-state index is 12.4. The summed E-state index contributed by atoms with van der Waals surface area (Å²) in [5, 5.41) is 16.5. The Labute approximate surface area is 193 Å². The van der Waals surface area contributed by atoms with Gasteiger partial charge < -0.3 is 31.2 Å². The van der Waals surface area contributed by atoms with Crippen LogP contribution in [0.4, 0.5) is 24.9 Å². The van der Waals surface area contributed by atoms with Crippen molar-refractivity contribution in [3.8, 4) is 0 Å². The van der Waals surface area contributed by atoms with Crippen molar-refractivity contribution < 1.29 is 18.0 Å². The van der Waals surface area contributed by atoms with Crippen molar-refractivity contribution in [2.75, 3.05) is 23.7 Å². The van der Waals surface area contributed by atoms with E-state index in [4.69, 9.17) is 17.0 Å². The normalized spacial score (nSPS) is 19.3. The third kappa shape index (κ3) is 6.15. The van der Waals surface area contributed by atoms with Gasteiger partial charge in [0.15, 0.2) is 0 Å². The second kappa shape index (κ2) is 10.1. The minimum Gasteiger partial charge on any atom is -0.381 e. The Morgan fingerprint density at radius 2 is 2.18 bits per heavy atom. The maximum absolute atomic E-state index is 12.4. The number of alkyl halides is 3. The van der Waals surface area contributed by atoms with Crippen LogP contribution in [0.5, 0.6) is 0 Å². The van der Waals surface area contributed by atoms with E-state index in [9.17, 15) is 18.0 Å². The second-order valence-electron chi connectivity index (χ2n) is 7.58. The van der Waals surface area contributed by atoms with E-state index in [0.717, 1.165) is 25.3 Å². The van der Waals surface area contributed by atoms with E-state index >= 15 is 0 Å². The highest BCUT2D eigenvalue weighted by Gasteiger charge is 2.29. The monoisotopic (exact) mass is 484 g/mol. The number of carbonyl (C=O) groups is 1. The number of halogens is 4. The number of amides is 1. The molecule has 33 heavy (non-hydrogen) atoms. The van der Waals surface area contributed by atoms with E-state index in [0.29, 0.717) is 28.4 Å². The number of aromatic nitrogens is 3. The predicted molar refractivity (Wildman–Crippen MR) is 121 cm³/mol. The van der Waals surface area contributed by atoms with Gasteiger partial charge in [-0.15, -0.1) is 0 Å². The summed E-state index contributed by atoms with van der Waals surface area (Å²) in [6.07, 6.45) is 1.86. The first-order chi connectivity index (χ1) is 15.6. The maximum Gasteiger partial charge on any atom is 0.405 e. The van der Waals surface area contributed by atoms with E-state index in [-0.39, 0.29) is 29.6 Å². The van der Waals surface area contributed by atoms with Gasteiger partial charge in [-0.1, -0.05) is 18.2 Å². The van der Waals surface area contributed by atoms with E-state index in [1.807, 2.05) is 6.92 Å². The van der Waals surface area contributed by atoms with Crippen LogP contribution in [0.15, 0.2) is 30.7 Å². The number of hydrogen-bond acceptors (Lipinski definition) is 7. The molecule has 9 nitrogen and oxygen atoms in total. The number of carbonyl (C=O) groups excluding carboxylic acids is 1. The van der Waals surface area contributed by atoms with Crippen LogP contribution in [0.3, 0.4) is 0 Å². The van der Waals surface area contributed by atoms with Gasteiger partial charge in [0.25, 0.3) is 0 Å². The molecule has 1 aliphatic heterocycles. The van der Waals surface area contributed by atoms with Gasteiger partial charge in [0, 0.05) is 37.2 Å². The minimum atomic E-state index is -4.39. The van der Waals surface area contributed by atoms with Crippen molar-refractivity contribution in [2.45, 2.75) is 38.0 Å². The fourth-order valence-electron chi connectivity index (χ4n) is 3.52. The summed E-state index contributed by atoms with van der Waals surface area (Å²) in [5.74, 6) is 0.290. The molecule has 0 aliphatic carbocycles. The molecule has 2 aromatic heterocycles. The highest BCUT2D eigenvalue weighted by Crippen LogP contribution is 2.31. The molecular weight excluding hydrogens is 461 g/mol. The second-order valence-corrected chi connectivity index (χ2v) is 7.99. The van der Waals surface area contributed by atoms with Crippen LogP contribution in [0.25, 0.3) is 11.0 Å². The van der Waals surface area contributed by atoms with Crippen LogP contribution < -0.4 is 16.0 Å². The molecule has 1 amide bonds. The lowest BCUT2D eigenvalue weighted by atomic mass is 9.99. The molecule has 3 heterocycles. The zero-order chi connectivity index (χ0) is 24.2. The molecule has 2 aromatic rings. The predicted octanol–water partition coefficient (Wildman–Crippen LogP) is 3.64. The topological polar surface area (TPSA) is 122 Å². The van der Waals surface area contributed by atoms with Crippen molar-refractivity contribution in [2.24, 2.45) is 0 Å². The molecule has 0 radical (unpaired) electrons. The molecule has 5 N–H and O–H groups in total. The molecule has 0 spiro atoms. The number of H-pyrrole nitrogens is 1. The Hall–Kier alpha value is -3.28. The van der Waals surface area contributed by atoms with Gasteiger partial charge in [0.2, 0.25) is 11.9 Å². The van der Waals surface area contributed by atoms with Crippen LogP contribution in [0, 0.1) is 5.41 Å². The first-order valence-corrected chi connectivity index (χ1v) is 10.5. The van der Waals surface area contributed by atoms with Gasteiger partial charge in [0.05, 0.1) is 16.1 Å². The SMILES string of the molecule is C=CC(=O)N1C[C@H](Nc2nc(N/C(C=N)=C/NCC(F)(F)F)nc3[nH]cc(Cl)c23)CC[C@@H]1C. The van der Waals surface area contributed by atoms with E-state index < -0.39 is 12.7 Å². The van der Waals surface area contributed by atoms with Crippen molar-refractivity contribution in [3.05, 3.63) is 35.8 Å². The van der Waals surface area contributed by atoms with E-state index in [2.05, 4.69) is 37.5 Å². The Balaban J connectivity index is 1.84. The zero-order valence-corrected chi connectivity index (χ0v) is 18.5. The fraction of sp³-hybridized carbons (Fsp3) is 0.400. The van der Waals surface area contributed by atoms with Crippen molar-refractivity contribution >= 4 is 46.5 Å². The summed E-state index contributed by atoms with van der Waals surface area (Å²) >= 11 is 6.30. The van der Waals surface area contributed by atoms with Crippen LogP contribution in [-0.2, 0) is 4.79 Å². The molecule has 13 heteroatoms. The highest BCUT2D eigenvalue weighted by molar-refractivity contribution is 6.36. The Morgan fingerprint density at radius 1 is 1.42 bits per heavy atom. The number of allylic oxidation sites excluding steroid dienone is 1. The third-order valence-corrected chi connectivity index (χ3v) is 5.43. The molecule has 1 aliphatic rings. The number of piperidine rings is 1. The van der Waals surface area contributed by atoms with Gasteiger partial charge in [0.1, 0.15) is 18.0 Å². The lowest BCUT2D eigenvalue weighted by Crippen LogP contribution is -2.49. The molecule has 0 saturated carbocycles. The summed E-state index contributed by atoms with van der Waals surface area (Å²) in [5.41, 5.74) is 0.423. The minimum absolute atomic E-state index is 0.0245. The van der Waals surface area contributed by atoms with Crippen molar-refractivity contribution in [1.82, 2.24) is 25.2 Å². The molecule has 0 bridgehead atoms. The Kier molecular flexibility index (Phi) is 7.46. The number of aromatic amines is 1. The lowest BCUT2D eigenvalue weighted by molar-refractivity contribution is -0.129. The van der Waals surface area contributed by atoms with E-state index in [1.165, 1.54) is 6.08 Å². The number of fused-ring (bicyclic) bond motifs is 1. The van der Waals surface area contributed by atoms with Crippen molar-refractivity contribution in [3.63, 3.8) is 0 Å². The fourth-order valence-corrected chi connectivity index (χ4v) is 3.75. The smallest absolute Gasteiger partial charge is 0.381 e. The molecule has 1 saturated heterocycles. The molecular formula is C20H24ClF3N8O. The number of nitrogens with zero attached hydrogens (tertiary/aromatic N) is 3. The number of likely N-dealkylation sites (tertiary alicyclic amines) is 1. The quantitative estimate of drug-likeness (QED) is 0.288. The summed E-state index contributed by atoms with van der Waals surface area (Å²) in [7, 11) is 0. The highest BCUT2D eigenvalue weighted by atomic mass is 35.5. The summed E-state index contributed by atoms with van der Waals surface area (Å²) in [6.45, 7) is 4.72. The lowest BCUT2D eigenvalue weighted by Gasteiger charge is -2.38. The first-order valence-electron chi connectivity index (χ1n) is 10.1. The van der Waals surface area contributed by atoms with Gasteiger partial charge in [-0.3, -0.25) is 4.79 Å². The van der Waals surface area contributed by atoms with Gasteiger partial charge in [-0.05, 0) is 25.8 Å². The molecule has 2 atom stereocenters. The zero-order valence-electron chi connectivity index (χ0n) is 17.8. The van der Waals surface area contributed by atoms with E-state index in [1.54, 1.807) is 11.1 Å². The molecule has 0 unspecified atom stereocenters. The number of nitrogens with one attached hydrogen (secondary N) is 5. The van der Waals surface area contributed by atoms with Crippen LogP contribution in [0.1, 0.15) is 19.8 Å². The Bertz CT molecular complexity index is 1070. The number of rotatable bonds is 8. The standard InChI is InChI=1S/C20H24ClF3N8O/c1-3-15(33)32-9-12(5-4-11(32)2)28-18-16-14(21)8-27-17(16)30-19(31-18)29-13(6-25)7-26-10-20(22,23)24/h3,6-8,11-12,25-26H,1,4-5,9-10H2,2H3,(H3,27,28,29,30,31)/b13-7+,25-6?/t11-,12+/m0/s1. The first kappa shape index (κ1) is 24.4. The Morgan fingerprint density at radius 3 is 2.85 bits per heavy atom. The number of hydrogen-bond donors (Lipinski definition) is 5. The van der Waals surface area contributed by atoms with Gasteiger partial charge in [-0.25, -0.2) is 0 Å². The van der Waals surface area contributed by atoms with Crippen LogP contribution in [0.2, 0.25) is 5.02 Å². The largest absolute Gasteiger partial charge is 0.405 e. The van der Waals surface area contributed by atoms with Gasteiger partial charge >= 0.3 is 6.18 Å². The molecule has 3 rings (SSSR count). The third-order valence-electron chi connectivity index (χ3n) is 5.14. The average molecular weight is 485 g/mol. The molecule has 178 valence electrons. The number of anilines is 2. The summed E-state index contributed by atoms with van der Waals surface area (Å²) < 4.78 is 37.1. The molecule has 0 aromatic carbocycles. The van der Waals surface area contributed by atoms with Crippen LogP contribution >= 0.6 is 11.6 Å². The van der Waals surface area contributed by atoms with Gasteiger partial charge in [-0.2, -0.15) is 23.1 Å². The average Bonchev–Trinajstić information content (AvgIpc) is 3.13. The summed E-state index contributed by atoms with van der Waals surface area (Å²) in [4.78, 5) is 25.5.